The van der Waals surface area contributed by atoms with Crippen molar-refractivity contribution in [1.29, 1.82) is 0 Å². The van der Waals surface area contributed by atoms with E-state index in [9.17, 15) is 14.4 Å². The number of rotatable bonds is 6. The van der Waals surface area contributed by atoms with Gasteiger partial charge < -0.3 is 10.1 Å². The van der Waals surface area contributed by atoms with Crippen molar-refractivity contribution in [3.8, 4) is 11.1 Å². The van der Waals surface area contributed by atoms with E-state index in [1.54, 1.807) is 25.1 Å². The molecule has 0 saturated carbocycles. The molecular formula is C26H22N4O4S2. The monoisotopic (exact) mass is 518 g/mol. The van der Waals surface area contributed by atoms with Crippen molar-refractivity contribution in [3.05, 3.63) is 75.1 Å². The predicted octanol–water partition coefficient (Wildman–Crippen LogP) is 5.17. The molecule has 0 fully saturated rings. The van der Waals surface area contributed by atoms with Gasteiger partial charge in [-0.15, -0.1) is 11.3 Å². The number of nitrogens with one attached hydrogen (secondary N) is 1. The molecule has 3 heterocycles. The maximum absolute atomic E-state index is 13.4. The first kappa shape index (κ1) is 23.8. The molecule has 5 rings (SSSR count). The Labute approximate surface area is 214 Å². The van der Waals surface area contributed by atoms with Crippen LogP contribution in [-0.4, -0.2) is 33.0 Å². The van der Waals surface area contributed by atoms with Gasteiger partial charge in [-0.25, -0.2) is 14.8 Å². The molecule has 36 heavy (non-hydrogen) atoms. The molecule has 0 aliphatic heterocycles. The SMILES string of the molecule is CCOC(=O)c1ccc2nc(NC(=O)Cn3cnc4sc(C)c(-c5ccc(C)cc5)c4c3=O)sc2c1. The first-order valence-electron chi connectivity index (χ1n) is 11.3. The smallest absolute Gasteiger partial charge is 0.338 e. The van der Waals surface area contributed by atoms with Crippen molar-refractivity contribution in [3.63, 3.8) is 0 Å². The van der Waals surface area contributed by atoms with E-state index in [0.717, 1.165) is 26.3 Å². The second kappa shape index (κ2) is 9.63. The van der Waals surface area contributed by atoms with Crippen LogP contribution in [0.1, 0.15) is 27.7 Å². The number of benzene rings is 2. The lowest BCUT2D eigenvalue weighted by atomic mass is 10.0. The third-order valence-electron chi connectivity index (χ3n) is 5.65. The molecule has 10 heteroatoms. The van der Waals surface area contributed by atoms with Gasteiger partial charge in [-0.1, -0.05) is 41.2 Å². The molecule has 182 valence electrons. The molecule has 0 radical (unpaired) electrons. The number of thiophene rings is 1. The Morgan fingerprint density at radius 2 is 1.86 bits per heavy atom. The van der Waals surface area contributed by atoms with Crippen molar-refractivity contribution in [1.82, 2.24) is 14.5 Å². The molecule has 0 bridgehead atoms. The van der Waals surface area contributed by atoms with Crippen LogP contribution in [0.3, 0.4) is 0 Å². The first-order chi connectivity index (χ1) is 17.3. The zero-order valence-corrected chi connectivity index (χ0v) is 21.5. The fourth-order valence-electron chi connectivity index (χ4n) is 3.95. The van der Waals surface area contributed by atoms with Gasteiger partial charge in [0.05, 0.1) is 34.1 Å². The Morgan fingerprint density at radius 3 is 2.61 bits per heavy atom. The van der Waals surface area contributed by atoms with Crippen molar-refractivity contribution < 1.29 is 14.3 Å². The van der Waals surface area contributed by atoms with Crippen LogP contribution in [-0.2, 0) is 16.1 Å². The van der Waals surface area contributed by atoms with Crippen molar-refractivity contribution >= 4 is 60.1 Å². The number of esters is 1. The van der Waals surface area contributed by atoms with Gasteiger partial charge in [0.15, 0.2) is 5.13 Å². The highest BCUT2D eigenvalue weighted by molar-refractivity contribution is 7.22. The van der Waals surface area contributed by atoms with E-state index in [2.05, 4.69) is 15.3 Å². The van der Waals surface area contributed by atoms with Crippen LogP contribution in [0.5, 0.6) is 0 Å². The lowest BCUT2D eigenvalue weighted by Crippen LogP contribution is -2.27. The van der Waals surface area contributed by atoms with Crippen LogP contribution < -0.4 is 10.9 Å². The van der Waals surface area contributed by atoms with Gasteiger partial charge in [0, 0.05) is 10.4 Å². The molecule has 0 aliphatic carbocycles. The summed E-state index contributed by atoms with van der Waals surface area (Å²) in [7, 11) is 0. The number of hydrogen-bond donors (Lipinski definition) is 1. The van der Waals surface area contributed by atoms with Crippen LogP contribution in [0.2, 0.25) is 0 Å². The number of aryl methyl sites for hydroxylation is 2. The maximum Gasteiger partial charge on any atom is 0.338 e. The lowest BCUT2D eigenvalue weighted by Gasteiger charge is -2.07. The summed E-state index contributed by atoms with van der Waals surface area (Å²) < 4.78 is 7.09. The average Bonchev–Trinajstić information content (AvgIpc) is 3.41. The van der Waals surface area contributed by atoms with E-state index in [0.29, 0.717) is 33.0 Å². The van der Waals surface area contributed by atoms with Crippen LogP contribution in [0.25, 0.3) is 31.6 Å². The predicted molar refractivity (Wildman–Crippen MR) is 143 cm³/mol. The van der Waals surface area contributed by atoms with E-state index in [4.69, 9.17) is 4.74 Å². The fraction of sp³-hybridized carbons (Fsp3) is 0.192. The number of carbonyl (C=O) groups excluding carboxylic acids is 2. The highest BCUT2D eigenvalue weighted by atomic mass is 32.1. The third-order valence-corrected chi connectivity index (χ3v) is 7.60. The van der Waals surface area contributed by atoms with E-state index in [1.165, 1.54) is 33.6 Å². The normalized spacial score (nSPS) is 11.2. The fourth-order valence-corrected chi connectivity index (χ4v) is 5.88. The molecule has 1 amide bonds. The summed E-state index contributed by atoms with van der Waals surface area (Å²) in [5.41, 5.74) is 3.74. The Hall–Kier alpha value is -3.89. The number of fused-ring (bicyclic) bond motifs is 2. The molecule has 0 unspecified atom stereocenters. The van der Waals surface area contributed by atoms with Crippen LogP contribution in [0.15, 0.2) is 53.6 Å². The van der Waals surface area contributed by atoms with Gasteiger partial charge in [0.25, 0.3) is 5.56 Å². The topological polar surface area (TPSA) is 103 Å². The average molecular weight is 519 g/mol. The van der Waals surface area contributed by atoms with E-state index < -0.39 is 11.9 Å². The van der Waals surface area contributed by atoms with Gasteiger partial charge >= 0.3 is 5.97 Å². The van der Waals surface area contributed by atoms with Gasteiger partial charge in [0.1, 0.15) is 11.4 Å². The van der Waals surface area contributed by atoms with Crippen molar-refractivity contribution in [2.24, 2.45) is 0 Å². The van der Waals surface area contributed by atoms with E-state index in [-0.39, 0.29) is 12.1 Å². The number of anilines is 1. The van der Waals surface area contributed by atoms with Crippen molar-refractivity contribution in [2.75, 3.05) is 11.9 Å². The molecule has 3 aromatic heterocycles. The first-order valence-corrected chi connectivity index (χ1v) is 12.9. The Kier molecular flexibility index (Phi) is 6.38. The molecule has 8 nitrogen and oxygen atoms in total. The van der Waals surface area contributed by atoms with Crippen LogP contribution >= 0.6 is 22.7 Å². The summed E-state index contributed by atoms with van der Waals surface area (Å²) in [6, 6.07) is 13.0. The number of hydrogen-bond acceptors (Lipinski definition) is 8. The Bertz CT molecular complexity index is 1680. The number of thiazole rings is 1. The number of aromatic nitrogens is 3. The van der Waals surface area contributed by atoms with Gasteiger partial charge in [-0.2, -0.15) is 0 Å². The minimum absolute atomic E-state index is 0.200. The summed E-state index contributed by atoms with van der Waals surface area (Å²) in [6.45, 7) is 5.82. The van der Waals surface area contributed by atoms with Crippen molar-refractivity contribution in [2.45, 2.75) is 27.3 Å². The second-order valence-electron chi connectivity index (χ2n) is 8.23. The molecule has 1 N–H and O–H groups in total. The molecule has 0 saturated heterocycles. The quantitative estimate of drug-likeness (QED) is 0.311. The minimum atomic E-state index is -0.408. The summed E-state index contributed by atoms with van der Waals surface area (Å²) in [4.78, 5) is 48.7. The summed E-state index contributed by atoms with van der Waals surface area (Å²) in [5.74, 6) is -0.805. The van der Waals surface area contributed by atoms with Gasteiger partial charge in [-0.3, -0.25) is 14.2 Å². The Morgan fingerprint density at radius 1 is 1.08 bits per heavy atom. The van der Waals surface area contributed by atoms with Gasteiger partial charge in [0.2, 0.25) is 5.91 Å². The summed E-state index contributed by atoms with van der Waals surface area (Å²) in [5, 5.41) is 3.65. The van der Waals surface area contributed by atoms with Crippen LogP contribution in [0, 0.1) is 13.8 Å². The Balaban J connectivity index is 1.40. The molecule has 0 spiro atoms. The molecule has 0 aliphatic rings. The van der Waals surface area contributed by atoms with Crippen LogP contribution in [0.4, 0.5) is 5.13 Å². The standard InChI is InChI=1S/C26H22N4O4S2/c1-4-34-25(33)17-9-10-18-19(11-17)36-26(28-18)29-20(31)12-30-13-27-23-22(24(30)32)21(15(3)35-23)16-7-5-14(2)6-8-16/h5-11,13H,4,12H2,1-3H3,(H,28,29,31). The van der Waals surface area contributed by atoms with E-state index in [1.807, 2.05) is 38.1 Å². The highest BCUT2D eigenvalue weighted by Crippen LogP contribution is 2.35. The van der Waals surface area contributed by atoms with Gasteiger partial charge in [-0.05, 0) is 44.5 Å². The summed E-state index contributed by atoms with van der Waals surface area (Å²) >= 11 is 2.71. The number of ether oxygens (including phenoxy) is 1. The highest BCUT2D eigenvalue weighted by Gasteiger charge is 2.18. The zero-order valence-electron chi connectivity index (χ0n) is 19.8. The third kappa shape index (κ3) is 4.52. The molecule has 5 aromatic rings. The minimum Gasteiger partial charge on any atom is -0.462 e. The summed E-state index contributed by atoms with van der Waals surface area (Å²) in [6.07, 6.45) is 1.41. The largest absolute Gasteiger partial charge is 0.462 e. The lowest BCUT2D eigenvalue weighted by molar-refractivity contribution is -0.116. The molecular weight excluding hydrogens is 496 g/mol. The van der Waals surface area contributed by atoms with E-state index >= 15 is 0 Å². The number of carbonyl (C=O) groups is 2. The maximum atomic E-state index is 13.4. The molecule has 2 aromatic carbocycles. The molecule has 0 atom stereocenters. The zero-order chi connectivity index (χ0) is 25.4. The second-order valence-corrected chi connectivity index (χ2v) is 10.5. The number of nitrogens with zero attached hydrogens (tertiary/aromatic N) is 3. The number of amides is 1.